The molecular weight excluding hydrogens is 408 g/mol. The van der Waals surface area contributed by atoms with Gasteiger partial charge in [-0.25, -0.2) is 9.97 Å². The highest BCUT2D eigenvalue weighted by Crippen LogP contribution is 2.23. The second kappa shape index (κ2) is 8.46. The van der Waals surface area contributed by atoms with Crippen LogP contribution in [0.25, 0.3) is 11.4 Å². The number of likely N-dealkylation sites (tertiary alicyclic amines) is 1. The summed E-state index contributed by atoms with van der Waals surface area (Å²) in [6.07, 6.45) is 3.76. The maximum absolute atomic E-state index is 12.9. The highest BCUT2D eigenvalue weighted by molar-refractivity contribution is 9.10. The summed E-state index contributed by atoms with van der Waals surface area (Å²) in [6.45, 7) is 4.28. The maximum Gasteiger partial charge on any atom is 0.240 e. The lowest BCUT2D eigenvalue weighted by Gasteiger charge is -2.32. The molecule has 4 rings (SSSR count). The molecular formula is C20H23BrN4O2. The van der Waals surface area contributed by atoms with Crippen molar-refractivity contribution in [1.82, 2.24) is 19.8 Å². The quantitative estimate of drug-likeness (QED) is 0.745. The fourth-order valence-electron chi connectivity index (χ4n) is 3.72. The molecule has 7 heteroatoms. The van der Waals surface area contributed by atoms with E-state index in [1.165, 1.54) is 0 Å². The second-order valence-corrected chi connectivity index (χ2v) is 7.86. The number of benzene rings is 1. The van der Waals surface area contributed by atoms with Crippen molar-refractivity contribution in [2.45, 2.75) is 25.4 Å². The summed E-state index contributed by atoms with van der Waals surface area (Å²) in [5, 5.41) is 0. The average molecular weight is 431 g/mol. The van der Waals surface area contributed by atoms with Gasteiger partial charge in [0.25, 0.3) is 0 Å². The molecule has 0 spiro atoms. The second-order valence-electron chi connectivity index (χ2n) is 6.94. The van der Waals surface area contributed by atoms with Gasteiger partial charge in [-0.05, 0) is 37.6 Å². The molecule has 1 amide bonds. The minimum absolute atomic E-state index is 0.0470. The minimum atomic E-state index is -0.0470. The Bertz CT molecular complexity index is 793. The van der Waals surface area contributed by atoms with E-state index in [0.717, 1.165) is 40.9 Å². The van der Waals surface area contributed by atoms with E-state index in [2.05, 4.69) is 25.8 Å². The van der Waals surface area contributed by atoms with Crippen molar-refractivity contribution < 1.29 is 9.53 Å². The lowest BCUT2D eigenvalue weighted by molar-refractivity contribution is -0.140. The van der Waals surface area contributed by atoms with Crippen LogP contribution >= 0.6 is 15.9 Å². The number of rotatable bonds is 4. The highest BCUT2D eigenvalue weighted by atomic mass is 79.9. The highest BCUT2D eigenvalue weighted by Gasteiger charge is 2.34. The van der Waals surface area contributed by atoms with E-state index in [9.17, 15) is 4.79 Å². The third kappa shape index (κ3) is 4.36. The summed E-state index contributed by atoms with van der Waals surface area (Å²) in [5.74, 6) is 0.952. The van der Waals surface area contributed by atoms with Gasteiger partial charge in [0.15, 0.2) is 5.82 Å². The molecule has 2 aliphatic heterocycles. The van der Waals surface area contributed by atoms with Crippen molar-refractivity contribution in [2.24, 2.45) is 0 Å². The summed E-state index contributed by atoms with van der Waals surface area (Å²) in [4.78, 5) is 26.2. The predicted molar refractivity (Wildman–Crippen MR) is 106 cm³/mol. The zero-order valence-corrected chi connectivity index (χ0v) is 16.8. The molecule has 0 radical (unpaired) electrons. The molecule has 0 unspecified atom stereocenters. The van der Waals surface area contributed by atoms with Crippen LogP contribution in [0.3, 0.4) is 0 Å². The minimum Gasteiger partial charge on any atom is -0.378 e. The van der Waals surface area contributed by atoms with Gasteiger partial charge in [0.05, 0.1) is 24.9 Å². The normalized spacial score (nSPS) is 20.8. The van der Waals surface area contributed by atoms with Crippen molar-refractivity contribution in [2.75, 3.05) is 32.8 Å². The molecule has 142 valence electrons. The first-order valence-corrected chi connectivity index (χ1v) is 10.2. The number of carbonyl (C=O) groups is 1. The number of ether oxygens (including phenoxy) is 1. The van der Waals surface area contributed by atoms with Crippen molar-refractivity contribution >= 4 is 21.8 Å². The third-order valence-corrected chi connectivity index (χ3v) is 5.68. The molecule has 0 saturated carbocycles. The topological polar surface area (TPSA) is 58.6 Å². The Balaban J connectivity index is 1.47. The maximum atomic E-state index is 12.9. The lowest BCUT2D eigenvalue weighted by atomic mass is 10.1. The number of hydrogen-bond acceptors (Lipinski definition) is 5. The van der Waals surface area contributed by atoms with Crippen molar-refractivity contribution in [3.63, 3.8) is 0 Å². The summed E-state index contributed by atoms with van der Waals surface area (Å²) in [7, 11) is 0. The summed E-state index contributed by atoms with van der Waals surface area (Å²) in [5.41, 5.74) is 1.94. The number of amides is 1. The van der Waals surface area contributed by atoms with Crippen LogP contribution in [-0.4, -0.2) is 64.6 Å². The molecule has 27 heavy (non-hydrogen) atoms. The van der Waals surface area contributed by atoms with Crippen molar-refractivity contribution in [1.29, 1.82) is 0 Å². The van der Waals surface area contributed by atoms with Gasteiger partial charge >= 0.3 is 0 Å². The Morgan fingerprint density at radius 1 is 1.15 bits per heavy atom. The Labute approximate surface area is 167 Å². The zero-order chi connectivity index (χ0) is 18.6. The van der Waals surface area contributed by atoms with Crippen LogP contribution in [0.2, 0.25) is 0 Å². The number of aromatic nitrogens is 2. The van der Waals surface area contributed by atoms with Crippen LogP contribution in [0.5, 0.6) is 0 Å². The number of carbonyl (C=O) groups excluding carboxylic acids is 1. The molecule has 2 fully saturated rings. The van der Waals surface area contributed by atoms with E-state index in [4.69, 9.17) is 9.72 Å². The first kappa shape index (κ1) is 18.5. The van der Waals surface area contributed by atoms with E-state index in [1.807, 2.05) is 35.2 Å². The Kier molecular flexibility index (Phi) is 5.80. The molecule has 1 aromatic heterocycles. The van der Waals surface area contributed by atoms with Crippen LogP contribution in [0.15, 0.2) is 41.0 Å². The van der Waals surface area contributed by atoms with Crippen LogP contribution in [0, 0.1) is 0 Å². The average Bonchev–Trinajstić information content (AvgIpc) is 3.17. The third-order valence-electron chi connectivity index (χ3n) is 5.15. The van der Waals surface area contributed by atoms with Gasteiger partial charge in [0.1, 0.15) is 0 Å². The molecule has 2 aromatic rings. The summed E-state index contributed by atoms with van der Waals surface area (Å²) < 4.78 is 6.40. The SMILES string of the molecule is O=C([C@H]1CCCN1Cc1ccnc(-c2ccc(Br)cc2)n1)N1CCOCC1. The van der Waals surface area contributed by atoms with Gasteiger partial charge in [-0.2, -0.15) is 0 Å². The molecule has 1 aromatic carbocycles. The number of nitrogens with zero attached hydrogens (tertiary/aromatic N) is 4. The molecule has 0 N–H and O–H groups in total. The van der Waals surface area contributed by atoms with E-state index in [0.29, 0.717) is 32.8 Å². The van der Waals surface area contributed by atoms with Gasteiger partial charge in [-0.15, -0.1) is 0 Å². The lowest BCUT2D eigenvalue weighted by Crippen LogP contribution is -2.49. The predicted octanol–water partition coefficient (Wildman–Crippen LogP) is 2.73. The molecule has 2 aliphatic rings. The van der Waals surface area contributed by atoms with Crippen LogP contribution in [-0.2, 0) is 16.1 Å². The smallest absolute Gasteiger partial charge is 0.240 e. The van der Waals surface area contributed by atoms with E-state index in [1.54, 1.807) is 6.20 Å². The molecule has 0 aliphatic carbocycles. The summed E-state index contributed by atoms with van der Waals surface area (Å²) >= 11 is 3.45. The first-order chi connectivity index (χ1) is 13.2. The van der Waals surface area contributed by atoms with Crippen molar-refractivity contribution in [3.05, 3.63) is 46.7 Å². The van der Waals surface area contributed by atoms with E-state index >= 15 is 0 Å². The largest absolute Gasteiger partial charge is 0.378 e. The van der Waals surface area contributed by atoms with Gasteiger partial charge < -0.3 is 9.64 Å². The monoisotopic (exact) mass is 430 g/mol. The Hall–Kier alpha value is -1.83. The van der Waals surface area contributed by atoms with Gasteiger partial charge in [0, 0.05) is 35.9 Å². The number of hydrogen-bond donors (Lipinski definition) is 0. The van der Waals surface area contributed by atoms with Crippen LogP contribution in [0.1, 0.15) is 18.5 Å². The molecule has 3 heterocycles. The number of halogens is 1. The van der Waals surface area contributed by atoms with Gasteiger partial charge in [-0.1, -0.05) is 28.1 Å². The van der Waals surface area contributed by atoms with Crippen molar-refractivity contribution in [3.8, 4) is 11.4 Å². The summed E-state index contributed by atoms with van der Waals surface area (Å²) in [6, 6.07) is 9.88. The number of morpholine rings is 1. The molecule has 0 bridgehead atoms. The van der Waals surface area contributed by atoms with Gasteiger partial charge in [-0.3, -0.25) is 9.69 Å². The van der Waals surface area contributed by atoms with Crippen LogP contribution in [0.4, 0.5) is 0 Å². The van der Waals surface area contributed by atoms with E-state index < -0.39 is 0 Å². The standard InChI is InChI=1S/C20H23BrN4O2/c21-16-5-3-15(4-6-16)19-22-8-7-17(23-19)14-25-9-1-2-18(25)20(26)24-10-12-27-13-11-24/h3-8,18H,1-2,9-14H2/t18-/m1/s1. The van der Waals surface area contributed by atoms with Crippen LogP contribution < -0.4 is 0 Å². The first-order valence-electron chi connectivity index (χ1n) is 9.39. The molecule has 1 atom stereocenters. The fourth-order valence-corrected chi connectivity index (χ4v) is 3.98. The fraction of sp³-hybridized carbons (Fsp3) is 0.450. The molecule has 6 nitrogen and oxygen atoms in total. The zero-order valence-electron chi connectivity index (χ0n) is 15.2. The Morgan fingerprint density at radius 3 is 2.70 bits per heavy atom. The van der Waals surface area contributed by atoms with Gasteiger partial charge in [0.2, 0.25) is 5.91 Å². The Morgan fingerprint density at radius 2 is 1.93 bits per heavy atom. The molecule has 2 saturated heterocycles. The van der Waals surface area contributed by atoms with E-state index in [-0.39, 0.29) is 11.9 Å².